The van der Waals surface area contributed by atoms with Crippen LogP contribution in [0, 0.1) is 0 Å². The molecule has 0 atom stereocenters. The van der Waals surface area contributed by atoms with Crippen molar-refractivity contribution >= 4 is 28.6 Å². The van der Waals surface area contributed by atoms with E-state index < -0.39 is 0 Å². The van der Waals surface area contributed by atoms with Gasteiger partial charge in [-0.15, -0.1) is 0 Å². The van der Waals surface area contributed by atoms with E-state index >= 15 is 0 Å². The van der Waals surface area contributed by atoms with Gasteiger partial charge in [0.1, 0.15) is 12.1 Å². The standard InChI is InChI=1S/C23H23N7O/c1-2-4-21(20(3-1)23-25-16-26-29-23)27-18-9-10-24-22(15-18)28-17-5-7-19(8-6-17)30-11-13-31-14-12-30/h1-10,15-16H,11-14H2,(H2,24,27,28)(H,25,26,29). The van der Waals surface area contributed by atoms with Crippen molar-refractivity contribution in [1.82, 2.24) is 20.2 Å². The third kappa shape index (κ3) is 4.49. The van der Waals surface area contributed by atoms with Crippen LogP contribution in [0.1, 0.15) is 0 Å². The minimum atomic E-state index is 0.718. The summed E-state index contributed by atoms with van der Waals surface area (Å²) < 4.78 is 5.43. The third-order valence-electron chi connectivity index (χ3n) is 5.15. The molecule has 0 spiro atoms. The van der Waals surface area contributed by atoms with Gasteiger partial charge in [0.25, 0.3) is 0 Å². The third-order valence-corrected chi connectivity index (χ3v) is 5.15. The molecule has 3 N–H and O–H groups in total. The summed E-state index contributed by atoms with van der Waals surface area (Å²) in [5, 5.41) is 13.7. The first-order valence-electron chi connectivity index (χ1n) is 10.2. The molecule has 0 amide bonds. The van der Waals surface area contributed by atoms with E-state index in [1.807, 2.05) is 36.4 Å². The van der Waals surface area contributed by atoms with Gasteiger partial charge in [0, 0.05) is 53.7 Å². The number of ether oxygens (including phenoxy) is 1. The maximum atomic E-state index is 5.43. The topological polar surface area (TPSA) is 91.0 Å². The lowest BCUT2D eigenvalue weighted by Crippen LogP contribution is -2.36. The number of H-pyrrole nitrogens is 1. The first-order valence-corrected chi connectivity index (χ1v) is 10.2. The molecule has 2 aromatic heterocycles. The normalized spacial score (nSPS) is 13.7. The lowest BCUT2D eigenvalue weighted by Gasteiger charge is -2.28. The van der Waals surface area contributed by atoms with Gasteiger partial charge in [-0.05, 0) is 42.5 Å². The quantitative estimate of drug-likeness (QED) is 0.437. The van der Waals surface area contributed by atoms with E-state index in [2.05, 4.69) is 60.0 Å². The highest BCUT2D eigenvalue weighted by Gasteiger charge is 2.11. The number of nitrogens with one attached hydrogen (secondary N) is 3. The molecular weight excluding hydrogens is 390 g/mol. The van der Waals surface area contributed by atoms with E-state index in [9.17, 15) is 0 Å². The summed E-state index contributed by atoms with van der Waals surface area (Å²) in [5.74, 6) is 1.48. The minimum Gasteiger partial charge on any atom is -0.378 e. The second-order valence-electron chi connectivity index (χ2n) is 7.21. The van der Waals surface area contributed by atoms with Crippen LogP contribution in [0.25, 0.3) is 11.4 Å². The summed E-state index contributed by atoms with van der Waals surface area (Å²) in [4.78, 5) is 11.1. The highest BCUT2D eigenvalue weighted by atomic mass is 16.5. The lowest BCUT2D eigenvalue weighted by molar-refractivity contribution is 0.122. The number of anilines is 5. The van der Waals surface area contributed by atoms with Gasteiger partial charge in [-0.25, -0.2) is 9.97 Å². The number of aromatic amines is 1. The fourth-order valence-electron chi connectivity index (χ4n) is 3.59. The van der Waals surface area contributed by atoms with Gasteiger partial charge in [-0.1, -0.05) is 12.1 Å². The van der Waals surface area contributed by atoms with E-state index in [1.165, 1.54) is 12.0 Å². The summed E-state index contributed by atoms with van der Waals surface area (Å²) >= 11 is 0. The van der Waals surface area contributed by atoms with Crippen LogP contribution in [0.4, 0.5) is 28.6 Å². The van der Waals surface area contributed by atoms with Crippen molar-refractivity contribution in [2.45, 2.75) is 0 Å². The van der Waals surface area contributed by atoms with Crippen LogP contribution in [-0.2, 0) is 4.74 Å². The molecule has 0 radical (unpaired) electrons. The van der Waals surface area contributed by atoms with Crippen LogP contribution in [0.15, 0.2) is 73.2 Å². The predicted molar refractivity (Wildman–Crippen MR) is 122 cm³/mol. The lowest BCUT2D eigenvalue weighted by atomic mass is 10.1. The van der Waals surface area contributed by atoms with Crippen molar-refractivity contribution in [3.05, 3.63) is 73.2 Å². The maximum Gasteiger partial charge on any atom is 0.157 e. The van der Waals surface area contributed by atoms with Crippen LogP contribution in [-0.4, -0.2) is 46.5 Å². The van der Waals surface area contributed by atoms with Crippen LogP contribution < -0.4 is 15.5 Å². The predicted octanol–water partition coefficient (Wildman–Crippen LogP) is 4.19. The van der Waals surface area contributed by atoms with Gasteiger partial charge in [-0.3, -0.25) is 5.10 Å². The largest absolute Gasteiger partial charge is 0.378 e. The van der Waals surface area contributed by atoms with Crippen molar-refractivity contribution in [3.8, 4) is 11.4 Å². The van der Waals surface area contributed by atoms with E-state index in [0.29, 0.717) is 0 Å². The first kappa shape index (κ1) is 19.1. The highest BCUT2D eigenvalue weighted by Crippen LogP contribution is 2.29. The molecule has 0 unspecified atom stereocenters. The smallest absolute Gasteiger partial charge is 0.157 e. The molecule has 8 nitrogen and oxygen atoms in total. The van der Waals surface area contributed by atoms with Gasteiger partial charge in [-0.2, -0.15) is 5.10 Å². The number of pyridine rings is 1. The Labute approximate surface area is 180 Å². The molecule has 1 aliphatic rings. The summed E-state index contributed by atoms with van der Waals surface area (Å²) in [6.07, 6.45) is 3.29. The Morgan fingerprint density at radius 3 is 2.52 bits per heavy atom. The number of benzene rings is 2. The summed E-state index contributed by atoms with van der Waals surface area (Å²) in [5.41, 5.74) is 5.01. The monoisotopic (exact) mass is 413 g/mol. The van der Waals surface area contributed by atoms with E-state index in [-0.39, 0.29) is 0 Å². The van der Waals surface area contributed by atoms with Crippen molar-refractivity contribution in [3.63, 3.8) is 0 Å². The highest BCUT2D eigenvalue weighted by molar-refractivity contribution is 5.78. The summed E-state index contributed by atoms with van der Waals surface area (Å²) in [7, 11) is 0. The Hall–Kier alpha value is -3.91. The molecule has 1 fully saturated rings. The second-order valence-corrected chi connectivity index (χ2v) is 7.21. The van der Waals surface area contributed by atoms with E-state index in [0.717, 1.165) is 60.6 Å². The Morgan fingerprint density at radius 2 is 1.71 bits per heavy atom. The van der Waals surface area contributed by atoms with Crippen molar-refractivity contribution in [2.24, 2.45) is 0 Å². The Morgan fingerprint density at radius 1 is 0.871 bits per heavy atom. The number of para-hydroxylation sites is 1. The minimum absolute atomic E-state index is 0.718. The van der Waals surface area contributed by atoms with Gasteiger partial charge in [0.15, 0.2) is 5.82 Å². The zero-order valence-electron chi connectivity index (χ0n) is 17.0. The summed E-state index contributed by atoms with van der Waals surface area (Å²) in [6, 6.07) is 20.3. The molecule has 31 heavy (non-hydrogen) atoms. The SMILES string of the molecule is c1ccc(-c2ncn[nH]2)c(Nc2ccnc(Nc3ccc(N4CCOCC4)cc3)c2)c1. The van der Waals surface area contributed by atoms with Crippen LogP contribution in [0.5, 0.6) is 0 Å². The number of morpholine rings is 1. The number of nitrogens with zero attached hydrogens (tertiary/aromatic N) is 4. The molecule has 0 aliphatic carbocycles. The Balaban J connectivity index is 1.30. The Kier molecular flexibility index (Phi) is 5.44. The van der Waals surface area contributed by atoms with Gasteiger partial charge in [0.2, 0.25) is 0 Å². The molecule has 156 valence electrons. The van der Waals surface area contributed by atoms with Crippen LogP contribution in [0.3, 0.4) is 0 Å². The molecule has 4 aromatic rings. The zero-order valence-corrected chi connectivity index (χ0v) is 17.0. The van der Waals surface area contributed by atoms with E-state index in [4.69, 9.17) is 4.74 Å². The van der Waals surface area contributed by atoms with Crippen LogP contribution >= 0.6 is 0 Å². The van der Waals surface area contributed by atoms with Crippen molar-refractivity contribution in [1.29, 1.82) is 0 Å². The van der Waals surface area contributed by atoms with Crippen LogP contribution in [0.2, 0.25) is 0 Å². The van der Waals surface area contributed by atoms with Crippen molar-refractivity contribution < 1.29 is 4.74 Å². The fraction of sp³-hybridized carbons (Fsp3) is 0.174. The molecule has 3 heterocycles. The van der Waals surface area contributed by atoms with E-state index in [1.54, 1.807) is 6.20 Å². The van der Waals surface area contributed by atoms with Crippen molar-refractivity contribution in [2.75, 3.05) is 41.8 Å². The molecule has 0 saturated carbocycles. The summed E-state index contributed by atoms with van der Waals surface area (Å²) in [6.45, 7) is 3.42. The van der Waals surface area contributed by atoms with Gasteiger partial charge in [0.05, 0.1) is 13.2 Å². The zero-order chi connectivity index (χ0) is 20.9. The molecular formula is C23H23N7O. The van der Waals surface area contributed by atoms with Gasteiger partial charge >= 0.3 is 0 Å². The van der Waals surface area contributed by atoms with Gasteiger partial charge < -0.3 is 20.3 Å². The second kappa shape index (κ2) is 8.85. The molecule has 8 heteroatoms. The number of aromatic nitrogens is 4. The average Bonchev–Trinajstić information content (AvgIpc) is 3.36. The first-order chi connectivity index (χ1) is 15.3. The number of hydrogen-bond acceptors (Lipinski definition) is 7. The molecule has 1 aliphatic heterocycles. The number of hydrogen-bond donors (Lipinski definition) is 3. The molecule has 0 bridgehead atoms. The Bertz CT molecular complexity index is 1120. The average molecular weight is 413 g/mol. The maximum absolute atomic E-state index is 5.43. The number of rotatable bonds is 6. The fourth-order valence-corrected chi connectivity index (χ4v) is 3.59. The molecule has 5 rings (SSSR count). The molecule has 1 saturated heterocycles. The molecule has 2 aromatic carbocycles.